The molecule has 6 nitrogen and oxygen atoms in total. The molecule has 0 aliphatic carbocycles. The molecule has 1 atom stereocenters. The maximum absolute atomic E-state index is 12.5. The maximum atomic E-state index is 12.5. The molecule has 0 aliphatic rings. The highest BCUT2D eigenvalue weighted by Gasteiger charge is 2.24. The number of nitrogens with zero attached hydrogens (tertiary/aromatic N) is 1. The van der Waals surface area contributed by atoms with Crippen LogP contribution in [0.15, 0.2) is 47.2 Å². The lowest BCUT2D eigenvalue weighted by molar-refractivity contribution is -0.124. The van der Waals surface area contributed by atoms with Crippen molar-refractivity contribution in [1.29, 1.82) is 0 Å². The van der Waals surface area contributed by atoms with Crippen LogP contribution in [0.5, 0.6) is 0 Å². The van der Waals surface area contributed by atoms with Gasteiger partial charge in [0.05, 0.1) is 5.56 Å². The third kappa shape index (κ3) is 3.59. The van der Waals surface area contributed by atoms with E-state index in [2.05, 4.69) is 10.3 Å². The smallest absolute Gasteiger partial charge is 0.341 e. The summed E-state index contributed by atoms with van der Waals surface area (Å²) in [6, 6.07) is 10.7. The van der Waals surface area contributed by atoms with E-state index in [9.17, 15) is 9.59 Å². The van der Waals surface area contributed by atoms with Crippen molar-refractivity contribution in [2.45, 2.75) is 33.3 Å². The highest BCUT2D eigenvalue weighted by Crippen LogP contribution is 2.20. The van der Waals surface area contributed by atoms with Crippen molar-refractivity contribution in [1.82, 2.24) is 4.98 Å². The van der Waals surface area contributed by atoms with Crippen molar-refractivity contribution in [3.63, 3.8) is 0 Å². The van der Waals surface area contributed by atoms with Crippen molar-refractivity contribution in [2.24, 2.45) is 0 Å². The number of hydrogen-bond acceptors (Lipinski definition) is 5. The first-order valence-corrected chi connectivity index (χ1v) is 8.41. The van der Waals surface area contributed by atoms with Gasteiger partial charge in [-0.05, 0) is 44.0 Å². The Morgan fingerprint density at radius 2 is 2.04 bits per heavy atom. The molecule has 1 unspecified atom stereocenters. The average molecular weight is 352 g/mol. The average Bonchev–Trinajstić information content (AvgIpc) is 3.10. The van der Waals surface area contributed by atoms with E-state index in [-0.39, 0.29) is 11.5 Å². The molecule has 134 valence electrons. The molecule has 0 spiro atoms. The summed E-state index contributed by atoms with van der Waals surface area (Å²) in [5.41, 5.74) is 3.95. The number of carbonyl (C=O) groups excluding carboxylic acids is 2. The second-order valence-corrected chi connectivity index (χ2v) is 6.11. The van der Waals surface area contributed by atoms with E-state index in [0.717, 1.165) is 11.1 Å². The highest BCUT2D eigenvalue weighted by molar-refractivity contribution is 6.03. The number of aromatic nitrogens is 1. The predicted molar refractivity (Wildman–Crippen MR) is 98.0 cm³/mol. The number of amides is 1. The van der Waals surface area contributed by atoms with Crippen molar-refractivity contribution in [2.75, 3.05) is 5.32 Å². The molecule has 0 radical (unpaired) electrons. The molecule has 1 amide bonds. The maximum Gasteiger partial charge on any atom is 0.341 e. The van der Waals surface area contributed by atoms with Crippen LogP contribution in [0.25, 0.3) is 11.1 Å². The first-order chi connectivity index (χ1) is 12.5. The molecular formula is C20H20N2O4. The number of hydrogen-bond donors (Lipinski definition) is 1. The van der Waals surface area contributed by atoms with Crippen LogP contribution >= 0.6 is 0 Å². The van der Waals surface area contributed by atoms with Gasteiger partial charge in [-0.3, -0.25) is 4.79 Å². The van der Waals surface area contributed by atoms with Gasteiger partial charge in [-0.1, -0.05) is 30.7 Å². The Balaban J connectivity index is 1.75. The van der Waals surface area contributed by atoms with Crippen molar-refractivity contribution >= 4 is 28.7 Å². The Hall–Kier alpha value is -3.15. The van der Waals surface area contributed by atoms with Crippen molar-refractivity contribution in [3.05, 3.63) is 59.5 Å². The SMILES string of the molecule is CCC(OC(=O)c1cccc2ocnc12)C(=O)Nc1ccc(C)cc1C. The molecule has 3 aromatic rings. The molecule has 2 aromatic carbocycles. The third-order valence-corrected chi connectivity index (χ3v) is 4.13. The van der Waals surface area contributed by atoms with Gasteiger partial charge < -0.3 is 14.5 Å². The summed E-state index contributed by atoms with van der Waals surface area (Å²) in [7, 11) is 0. The summed E-state index contributed by atoms with van der Waals surface area (Å²) in [4.78, 5) is 29.1. The lowest BCUT2D eigenvalue weighted by atomic mass is 10.1. The predicted octanol–water partition coefficient (Wildman–Crippen LogP) is 4.02. The van der Waals surface area contributed by atoms with Crippen molar-refractivity contribution in [3.8, 4) is 0 Å². The van der Waals surface area contributed by atoms with Gasteiger partial charge in [0.25, 0.3) is 5.91 Å². The number of esters is 1. The molecule has 26 heavy (non-hydrogen) atoms. The molecule has 6 heteroatoms. The fourth-order valence-electron chi connectivity index (χ4n) is 2.73. The van der Waals surface area contributed by atoms with Crippen LogP contribution in [0.1, 0.15) is 34.8 Å². The molecule has 3 rings (SSSR count). The van der Waals surface area contributed by atoms with Crippen LogP contribution in [0.4, 0.5) is 5.69 Å². The van der Waals surface area contributed by atoms with Gasteiger partial charge in [0.15, 0.2) is 18.1 Å². The van der Waals surface area contributed by atoms with E-state index < -0.39 is 12.1 Å². The van der Waals surface area contributed by atoms with E-state index in [4.69, 9.17) is 9.15 Å². The lowest BCUT2D eigenvalue weighted by Gasteiger charge is -2.17. The topological polar surface area (TPSA) is 81.4 Å². The number of rotatable bonds is 5. The lowest BCUT2D eigenvalue weighted by Crippen LogP contribution is -2.32. The Bertz CT molecular complexity index is 961. The summed E-state index contributed by atoms with van der Waals surface area (Å²) in [6.45, 7) is 5.69. The van der Waals surface area contributed by atoms with E-state index in [1.807, 2.05) is 32.0 Å². The summed E-state index contributed by atoms with van der Waals surface area (Å²) >= 11 is 0. The second-order valence-electron chi connectivity index (χ2n) is 6.11. The summed E-state index contributed by atoms with van der Waals surface area (Å²) in [5, 5.41) is 2.83. The summed E-state index contributed by atoms with van der Waals surface area (Å²) in [5.74, 6) is -0.966. The normalized spacial score (nSPS) is 12.0. The van der Waals surface area contributed by atoms with Gasteiger partial charge in [0, 0.05) is 5.69 Å². The van der Waals surface area contributed by atoms with Crippen LogP contribution in [-0.4, -0.2) is 23.0 Å². The number of aryl methyl sites for hydroxylation is 2. The largest absolute Gasteiger partial charge is 0.449 e. The molecule has 0 fully saturated rings. The number of anilines is 1. The van der Waals surface area contributed by atoms with Crippen LogP contribution in [0.3, 0.4) is 0 Å². The minimum atomic E-state index is -0.898. The van der Waals surface area contributed by atoms with E-state index >= 15 is 0 Å². The first-order valence-electron chi connectivity index (χ1n) is 8.41. The number of benzene rings is 2. The highest BCUT2D eigenvalue weighted by atomic mass is 16.5. The minimum Gasteiger partial charge on any atom is -0.449 e. The number of oxazole rings is 1. The molecule has 0 saturated carbocycles. The first kappa shape index (κ1) is 17.7. The number of ether oxygens (including phenoxy) is 1. The zero-order chi connectivity index (χ0) is 18.7. The molecule has 0 bridgehead atoms. The Morgan fingerprint density at radius 1 is 1.23 bits per heavy atom. The molecule has 1 N–H and O–H groups in total. The minimum absolute atomic E-state index is 0.272. The summed E-state index contributed by atoms with van der Waals surface area (Å²) < 4.78 is 10.6. The zero-order valence-corrected chi connectivity index (χ0v) is 14.9. The monoisotopic (exact) mass is 352 g/mol. The van der Waals surface area contributed by atoms with Crippen LogP contribution in [-0.2, 0) is 9.53 Å². The van der Waals surface area contributed by atoms with Crippen LogP contribution in [0, 0.1) is 13.8 Å². The number of fused-ring (bicyclic) bond motifs is 1. The number of nitrogens with one attached hydrogen (secondary N) is 1. The molecule has 0 aliphatic heterocycles. The van der Waals surface area contributed by atoms with Gasteiger partial charge in [-0.15, -0.1) is 0 Å². The Labute approximate surface area is 151 Å². The van der Waals surface area contributed by atoms with E-state index in [1.54, 1.807) is 25.1 Å². The van der Waals surface area contributed by atoms with Gasteiger partial charge in [-0.25, -0.2) is 9.78 Å². The van der Waals surface area contributed by atoms with Crippen LogP contribution < -0.4 is 5.32 Å². The quantitative estimate of drug-likeness (QED) is 0.702. The second kappa shape index (κ2) is 7.39. The molecule has 0 saturated heterocycles. The molecule has 1 heterocycles. The molecular weight excluding hydrogens is 332 g/mol. The van der Waals surface area contributed by atoms with Gasteiger partial charge >= 0.3 is 5.97 Å². The number of carbonyl (C=O) groups is 2. The molecule has 1 aromatic heterocycles. The van der Waals surface area contributed by atoms with E-state index in [0.29, 0.717) is 23.2 Å². The van der Waals surface area contributed by atoms with Crippen molar-refractivity contribution < 1.29 is 18.7 Å². The summed E-state index contributed by atoms with van der Waals surface area (Å²) in [6.07, 6.45) is 0.730. The van der Waals surface area contributed by atoms with Gasteiger partial charge in [0.1, 0.15) is 5.52 Å². The Morgan fingerprint density at radius 3 is 2.77 bits per heavy atom. The van der Waals surface area contributed by atoms with Gasteiger partial charge in [0.2, 0.25) is 0 Å². The fraction of sp³-hybridized carbons (Fsp3) is 0.250. The van der Waals surface area contributed by atoms with Crippen LogP contribution in [0.2, 0.25) is 0 Å². The van der Waals surface area contributed by atoms with E-state index in [1.165, 1.54) is 6.39 Å². The Kier molecular flexibility index (Phi) is 5.02. The fourth-order valence-corrected chi connectivity index (χ4v) is 2.73. The standard InChI is InChI=1S/C20H20N2O4/c1-4-16(19(23)22-15-9-8-12(2)10-13(15)3)26-20(24)14-6-5-7-17-18(14)21-11-25-17/h5-11,16H,4H2,1-3H3,(H,22,23). The number of para-hydroxylation sites is 1. The zero-order valence-electron chi connectivity index (χ0n) is 14.9. The van der Waals surface area contributed by atoms with Gasteiger partial charge in [-0.2, -0.15) is 0 Å². The third-order valence-electron chi connectivity index (χ3n) is 4.13.